The Hall–Kier alpha value is -3.47. The molecule has 3 amide bonds. The second-order valence-electron chi connectivity index (χ2n) is 10.9. The van der Waals surface area contributed by atoms with Crippen molar-refractivity contribution in [1.29, 1.82) is 0 Å². The van der Waals surface area contributed by atoms with Crippen molar-refractivity contribution in [1.82, 2.24) is 21.1 Å². The Morgan fingerprint density at radius 3 is 2.49 bits per heavy atom. The third-order valence-corrected chi connectivity index (χ3v) is 7.14. The number of amides is 3. The van der Waals surface area contributed by atoms with Gasteiger partial charge in [-0.15, -0.1) is 0 Å². The molecule has 2 aliphatic heterocycles. The van der Waals surface area contributed by atoms with Gasteiger partial charge in [0.1, 0.15) is 6.61 Å². The van der Waals surface area contributed by atoms with E-state index < -0.39 is 11.6 Å². The molecule has 0 atom stereocenters. The summed E-state index contributed by atoms with van der Waals surface area (Å²) in [6.07, 6.45) is 0.0102. The molecule has 2 aromatic rings. The van der Waals surface area contributed by atoms with E-state index >= 15 is 0 Å². The summed E-state index contributed by atoms with van der Waals surface area (Å²) < 4.78 is 16.1. The topological polar surface area (TPSA) is 118 Å². The molecule has 0 saturated heterocycles. The lowest BCUT2D eigenvalue weighted by molar-refractivity contribution is -0.132. The van der Waals surface area contributed by atoms with Crippen LogP contribution in [0.15, 0.2) is 41.5 Å². The molecule has 0 aliphatic carbocycles. The van der Waals surface area contributed by atoms with Gasteiger partial charge in [-0.05, 0) is 69.0 Å². The maximum absolute atomic E-state index is 13.3. The fraction of sp³-hybridized carbons (Fsp3) is 0.414. The van der Waals surface area contributed by atoms with Crippen molar-refractivity contribution in [3.05, 3.63) is 68.2 Å². The number of hydrogen-bond acceptors (Lipinski definition) is 7. The molecule has 4 rings (SSSR count). The number of carbonyl (C=O) groups is 3. The van der Waals surface area contributed by atoms with Gasteiger partial charge >= 0.3 is 6.09 Å². The number of ether oxygens (including phenoxy) is 3. The van der Waals surface area contributed by atoms with Crippen LogP contribution < -0.4 is 25.5 Å². The molecule has 2 heterocycles. The van der Waals surface area contributed by atoms with Crippen LogP contribution in [0, 0.1) is 0 Å². The minimum absolute atomic E-state index is 0.0149. The Kier molecular flexibility index (Phi) is 9.68. The summed E-state index contributed by atoms with van der Waals surface area (Å²) in [6, 6.07) is 8.64. The van der Waals surface area contributed by atoms with Crippen molar-refractivity contribution in [2.45, 2.75) is 65.8 Å². The van der Waals surface area contributed by atoms with E-state index in [-0.39, 0.29) is 38.2 Å². The summed E-state index contributed by atoms with van der Waals surface area (Å²) in [5, 5.41) is 8.09. The highest BCUT2D eigenvalue weighted by molar-refractivity contribution is 6.31. The Morgan fingerprint density at radius 1 is 1.02 bits per heavy atom. The van der Waals surface area contributed by atoms with Crippen LogP contribution in [0.5, 0.6) is 11.5 Å². The molecular formula is C29H34Cl2N4O6. The molecule has 0 aromatic heterocycles. The number of fused-ring (bicyclic) bond motifs is 1. The Bertz CT molecular complexity index is 1370. The van der Waals surface area contributed by atoms with Gasteiger partial charge in [-0.3, -0.25) is 14.6 Å². The molecule has 2 aliphatic rings. The molecule has 10 nitrogen and oxygen atoms in total. The lowest BCUT2D eigenvalue weighted by Gasteiger charge is -2.30. The average Bonchev–Trinajstić information content (AvgIpc) is 3.35. The van der Waals surface area contributed by atoms with Crippen LogP contribution in [0.3, 0.4) is 0 Å². The molecule has 3 N–H and O–H groups in total. The van der Waals surface area contributed by atoms with Crippen LogP contribution in [0.2, 0.25) is 10.0 Å². The number of alkyl carbamates (subject to hydrolysis) is 1. The van der Waals surface area contributed by atoms with Gasteiger partial charge in [0.2, 0.25) is 12.7 Å². The summed E-state index contributed by atoms with van der Waals surface area (Å²) in [5.41, 5.74) is 6.17. The summed E-state index contributed by atoms with van der Waals surface area (Å²) in [7, 11) is 0. The van der Waals surface area contributed by atoms with Gasteiger partial charge in [0.15, 0.2) is 11.5 Å². The van der Waals surface area contributed by atoms with Crippen LogP contribution in [0.1, 0.15) is 57.2 Å². The van der Waals surface area contributed by atoms with Gasteiger partial charge in [0, 0.05) is 46.9 Å². The van der Waals surface area contributed by atoms with Gasteiger partial charge < -0.3 is 24.8 Å². The Labute approximate surface area is 249 Å². The zero-order valence-corrected chi connectivity index (χ0v) is 25.0. The van der Waals surface area contributed by atoms with Crippen molar-refractivity contribution in [3.8, 4) is 11.5 Å². The van der Waals surface area contributed by atoms with E-state index in [1.807, 2.05) is 27.7 Å². The van der Waals surface area contributed by atoms with E-state index in [0.29, 0.717) is 57.8 Å². The second-order valence-corrected chi connectivity index (χ2v) is 11.8. The number of nitrogens with one attached hydrogen (secondary N) is 3. The van der Waals surface area contributed by atoms with Gasteiger partial charge in [0.25, 0.3) is 5.91 Å². The first kappa shape index (κ1) is 30.5. The molecule has 2 aromatic carbocycles. The molecule has 220 valence electrons. The largest absolute Gasteiger partial charge is 0.454 e. The maximum atomic E-state index is 13.3. The number of carbonyl (C=O) groups excluding carboxylic acids is 3. The van der Waals surface area contributed by atoms with E-state index in [9.17, 15) is 14.4 Å². The van der Waals surface area contributed by atoms with Crippen molar-refractivity contribution >= 4 is 41.1 Å². The summed E-state index contributed by atoms with van der Waals surface area (Å²) in [5.74, 6) is 0.614. The lowest BCUT2D eigenvalue weighted by Crippen LogP contribution is -2.47. The predicted octanol–water partition coefficient (Wildman–Crippen LogP) is 5.01. The van der Waals surface area contributed by atoms with E-state index in [2.05, 4.69) is 16.1 Å². The van der Waals surface area contributed by atoms with Crippen molar-refractivity contribution in [3.63, 3.8) is 0 Å². The van der Waals surface area contributed by atoms with Crippen molar-refractivity contribution in [2.75, 3.05) is 13.3 Å². The molecule has 0 spiro atoms. The molecule has 0 unspecified atom stereocenters. The smallest absolute Gasteiger partial charge is 0.407 e. The molecule has 12 heteroatoms. The first-order valence-electron chi connectivity index (χ1n) is 13.2. The van der Waals surface area contributed by atoms with E-state index in [0.717, 1.165) is 11.1 Å². The quantitative estimate of drug-likeness (QED) is 0.368. The Balaban J connectivity index is 1.33. The molecule has 0 radical (unpaired) electrons. The van der Waals surface area contributed by atoms with Gasteiger partial charge in [-0.2, -0.15) is 0 Å². The molecule has 0 saturated carbocycles. The van der Waals surface area contributed by atoms with Gasteiger partial charge in [0.05, 0.1) is 6.42 Å². The highest BCUT2D eigenvalue weighted by atomic mass is 35.5. The Morgan fingerprint density at radius 2 is 1.76 bits per heavy atom. The SMILES string of the molecule is CC1=C(CC(=O)NCc2cc(Cl)ccc2COC(=O)NC(C)(C)C)C(=O)N(NCc2cc3c(cc2Cl)OCO3)CC1. The average molecular weight is 606 g/mol. The highest BCUT2D eigenvalue weighted by Gasteiger charge is 2.27. The fourth-order valence-electron chi connectivity index (χ4n) is 4.33. The van der Waals surface area contributed by atoms with E-state index in [1.54, 1.807) is 30.3 Å². The van der Waals surface area contributed by atoms with Crippen molar-refractivity contribution in [2.24, 2.45) is 0 Å². The number of nitrogens with zero attached hydrogens (tertiary/aromatic N) is 1. The number of benzene rings is 2. The van der Waals surface area contributed by atoms with E-state index in [1.165, 1.54) is 5.01 Å². The van der Waals surface area contributed by atoms with Gasteiger partial charge in [-0.25, -0.2) is 10.2 Å². The fourth-order valence-corrected chi connectivity index (χ4v) is 4.75. The minimum atomic E-state index is -0.542. The zero-order valence-electron chi connectivity index (χ0n) is 23.5. The lowest BCUT2D eigenvalue weighted by atomic mass is 9.98. The molecule has 41 heavy (non-hydrogen) atoms. The first-order chi connectivity index (χ1) is 19.4. The third-order valence-electron chi connectivity index (χ3n) is 6.55. The first-order valence-corrected chi connectivity index (χ1v) is 14.0. The summed E-state index contributed by atoms with van der Waals surface area (Å²) in [6.45, 7) is 8.51. The minimum Gasteiger partial charge on any atom is -0.454 e. The monoisotopic (exact) mass is 604 g/mol. The van der Waals surface area contributed by atoms with Crippen molar-refractivity contribution < 1.29 is 28.6 Å². The number of halogens is 2. The van der Waals surface area contributed by atoms with Gasteiger partial charge in [-0.1, -0.05) is 34.8 Å². The second kappa shape index (κ2) is 13.0. The maximum Gasteiger partial charge on any atom is 0.407 e. The zero-order chi connectivity index (χ0) is 29.7. The van der Waals surface area contributed by atoms with E-state index in [4.69, 9.17) is 37.4 Å². The number of rotatable bonds is 9. The summed E-state index contributed by atoms with van der Waals surface area (Å²) in [4.78, 5) is 38.3. The molecular weight excluding hydrogens is 571 g/mol. The molecule has 0 fully saturated rings. The predicted molar refractivity (Wildman–Crippen MR) is 154 cm³/mol. The van der Waals surface area contributed by atoms with Crippen LogP contribution >= 0.6 is 23.2 Å². The third kappa shape index (κ3) is 8.28. The van der Waals surface area contributed by atoms with Crippen LogP contribution in [-0.4, -0.2) is 41.8 Å². The normalized spacial score (nSPS) is 14.8. The number of hydrogen-bond donors (Lipinski definition) is 3. The number of hydrazine groups is 1. The molecule has 0 bridgehead atoms. The van der Waals surface area contributed by atoms with Crippen LogP contribution in [0.25, 0.3) is 0 Å². The summed E-state index contributed by atoms with van der Waals surface area (Å²) >= 11 is 12.6. The standard InChI is InChI=1S/C29H34Cl2N4O6/c1-17-7-8-35(33-14-20-10-24-25(12-23(20)31)41-16-40-24)27(37)22(17)11-26(36)32-13-19-9-21(30)6-5-18(19)15-39-28(38)34-29(2,3)4/h5-6,9-10,12,33H,7-8,11,13-16H2,1-4H3,(H,32,36)(H,34,38). The highest BCUT2D eigenvalue weighted by Crippen LogP contribution is 2.36. The van der Waals surface area contributed by atoms with Crippen LogP contribution in [-0.2, 0) is 34.0 Å². The van der Waals surface area contributed by atoms with Crippen LogP contribution in [0.4, 0.5) is 4.79 Å².